The Bertz CT molecular complexity index is 151. The molecule has 0 aliphatic carbocycles. The lowest BCUT2D eigenvalue weighted by molar-refractivity contribution is 0.160. The second-order valence-corrected chi connectivity index (χ2v) is 4.45. The van der Waals surface area contributed by atoms with Crippen molar-refractivity contribution in [1.29, 1.82) is 0 Å². The van der Waals surface area contributed by atoms with Gasteiger partial charge in [0.05, 0.1) is 0 Å². The smallest absolute Gasteiger partial charge is 0.0110 e. The maximum absolute atomic E-state index is 3.40. The zero-order chi connectivity index (χ0) is 11.1. The molecule has 90 valence electrons. The summed E-state index contributed by atoms with van der Waals surface area (Å²) in [5.41, 5.74) is 0. The Balaban J connectivity index is 2.18. The van der Waals surface area contributed by atoms with Gasteiger partial charge in [0.1, 0.15) is 0 Å². The maximum Gasteiger partial charge on any atom is 0.0110 e. The Morgan fingerprint density at radius 1 is 1.20 bits per heavy atom. The van der Waals surface area contributed by atoms with E-state index in [0.29, 0.717) is 0 Å². The highest BCUT2D eigenvalue weighted by Gasteiger charge is 2.16. The lowest BCUT2D eigenvalue weighted by Gasteiger charge is -2.33. The number of nitrogens with zero attached hydrogens (tertiary/aromatic N) is 2. The minimum absolute atomic E-state index is 0.743. The first-order chi connectivity index (χ1) is 7.27. The van der Waals surface area contributed by atoms with Gasteiger partial charge in [-0.3, -0.25) is 4.90 Å². The number of hydrogen-bond acceptors (Lipinski definition) is 3. The third kappa shape index (κ3) is 4.49. The second kappa shape index (κ2) is 7.20. The molecule has 1 saturated heterocycles. The highest BCUT2D eigenvalue weighted by Crippen LogP contribution is 2.06. The fraction of sp³-hybridized carbons (Fsp3) is 1.00. The predicted molar refractivity (Wildman–Crippen MR) is 66.3 cm³/mol. The van der Waals surface area contributed by atoms with E-state index in [4.69, 9.17) is 0 Å². The molecule has 0 aromatic rings. The van der Waals surface area contributed by atoms with Crippen LogP contribution >= 0.6 is 0 Å². The van der Waals surface area contributed by atoms with Gasteiger partial charge in [-0.2, -0.15) is 0 Å². The molecule has 1 unspecified atom stereocenters. The molecular weight excluding hydrogens is 186 g/mol. The van der Waals surface area contributed by atoms with Crippen molar-refractivity contribution in [3.63, 3.8) is 0 Å². The Hall–Kier alpha value is -0.120. The molecule has 1 N–H and O–H groups in total. The minimum Gasteiger partial charge on any atom is -0.314 e. The van der Waals surface area contributed by atoms with Crippen LogP contribution in [0.25, 0.3) is 0 Å². The number of rotatable bonds is 6. The largest absolute Gasteiger partial charge is 0.314 e. The number of hydrogen-bond donors (Lipinski definition) is 1. The van der Waals surface area contributed by atoms with Crippen LogP contribution in [-0.4, -0.2) is 61.7 Å². The third-order valence-electron chi connectivity index (χ3n) is 3.53. The standard InChI is InChI=1S/C12H27N3/c1-4-14(5-2)9-6-12(3)15-10-7-13-8-11-15/h12-13H,4-11H2,1-3H3. The van der Waals surface area contributed by atoms with Crippen LogP contribution in [0.15, 0.2) is 0 Å². The van der Waals surface area contributed by atoms with E-state index in [-0.39, 0.29) is 0 Å². The maximum atomic E-state index is 3.40. The molecule has 3 heteroatoms. The van der Waals surface area contributed by atoms with Gasteiger partial charge in [-0.25, -0.2) is 0 Å². The molecule has 1 rings (SSSR count). The summed E-state index contributed by atoms with van der Waals surface area (Å²) in [6.07, 6.45) is 1.31. The molecule has 3 nitrogen and oxygen atoms in total. The van der Waals surface area contributed by atoms with Crippen molar-refractivity contribution in [1.82, 2.24) is 15.1 Å². The molecule has 0 bridgehead atoms. The van der Waals surface area contributed by atoms with Crippen molar-refractivity contribution in [2.24, 2.45) is 0 Å². The van der Waals surface area contributed by atoms with Gasteiger partial charge in [-0.15, -0.1) is 0 Å². The Labute approximate surface area is 94.8 Å². The summed E-state index contributed by atoms with van der Waals surface area (Å²) in [5, 5.41) is 3.40. The molecule has 1 heterocycles. The molecule has 0 radical (unpaired) electrons. The molecule has 15 heavy (non-hydrogen) atoms. The van der Waals surface area contributed by atoms with Crippen LogP contribution in [0.5, 0.6) is 0 Å². The summed E-state index contributed by atoms with van der Waals surface area (Å²) in [4.78, 5) is 5.12. The van der Waals surface area contributed by atoms with Gasteiger partial charge in [0.25, 0.3) is 0 Å². The Kier molecular flexibility index (Phi) is 6.22. The Morgan fingerprint density at radius 3 is 2.33 bits per heavy atom. The quantitative estimate of drug-likeness (QED) is 0.710. The van der Waals surface area contributed by atoms with Gasteiger partial charge >= 0.3 is 0 Å². The van der Waals surface area contributed by atoms with E-state index in [2.05, 4.69) is 35.9 Å². The summed E-state index contributed by atoms with van der Waals surface area (Å²) >= 11 is 0. The summed E-state index contributed by atoms with van der Waals surface area (Å²) in [7, 11) is 0. The summed E-state index contributed by atoms with van der Waals surface area (Å²) < 4.78 is 0. The van der Waals surface area contributed by atoms with Crippen LogP contribution in [-0.2, 0) is 0 Å². The highest BCUT2D eigenvalue weighted by atomic mass is 15.2. The van der Waals surface area contributed by atoms with E-state index in [1.807, 2.05) is 0 Å². The van der Waals surface area contributed by atoms with E-state index in [1.54, 1.807) is 0 Å². The lowest BCUT2D eigenvalue weighted by Crippen LogP contribution is -2.48. The minimum atomic E-state index is 0.743. The van der Waals surface area contributed by atoms with Crippen LogP contribution < -0.4 is 5.32 Å². The molecule has 0 spiro atoms. The zero-order valence-electron chi connectivity index (χ0n) is 10.6. The van der Waals surface area contributed by atoms with Crippen molar-refractivity contribution in [2.45, 2.75) is 33.2 Å². The van der Waals surface area contributed by atoms with E-state index < -0.39 is 0 Å². The average molecular weight is 213 g/mol. The van der Waals surface area contributed by atoms with Crippen LogP contribution in [0, 0.1) is 0 Å². The number of nitrogens with one attached hydrogen (secondary N) is 1. The summed E-state index contributed by atoms with van der Waals surface area (Å²) in [5.74, 6) is 0. The van der Waals surface area contributed by atoms with E-state index in [0.717, 1.165) is 19.1 Å². The molecule has 0 aromatic carbocycles. The first-order valence-corrected chi connectivity index (χ1v) is 6.45. The fourth-order valence-corrected chi connectivity index (χ4v) is 2.21. The van der Waals surface area contributed by atoms with Crippen molar-refractivity contribution in [3.8, 4) is 0 Å². The molecule has 0 saturated carbocycles. The van der Waals surface area contributed by atoms with Crippen LogP contribution in [0.4, 0.5) is 0 Å². The highest BCUT2D eigenvalue weighted by molar-refractivity contribution is 4.74. The molecule has 0 aromatic heterocycles. The molecule has 1 fully saturated rings. The van der Waals surface area contributed by atoms with Gasteiger partial charge in [0, 0.05) is 32.2 Å². The number of piperazine rings is 1. The summed E-state index contributed by atoms with van der Waals surface area (Å²) in [6.45, 7) is 15.3. The van der Waals surface area contributed by atoms with Crippen molar-refractivity contribution in [3.05, 3.63) is 0 Å². The zero-order valence-corrected chi connectivity index (χ0v) is 10.6. The first kappa shape index (κ1) is 12.9. The lowest BCUT2D eigenvalue weighted by atomic mass is 10.1. The van der Waals surface area contributed by atoms with Crippen molar-refractivity contribution in [2.75, 3.05) is 45.8 Å². The molecule has 1 aliphatic heterocycles. The van der Waals surface area contributed by atoms with E-state index in [1.165, 1.54) is 39.1 Å². The van der Waals surface area contributed by atoms with Crippen LogP contribution in [0.2, 0.25) is 0 Å². The average Bonchev–Trinajstić information content (AvgIpc) is 2.31. The van der Waals surface area contributed by atoms with E-state index in [9.17, 15) is 0 Å². The van der Waals surface area contributed by atoms with Crippen LogP contribution in [0.1, 0.15) is 27.2 Å². The van der Waals surface area contributed by atoms with Gasteiger partial charge in [0.2, 0.25) is 0 Å². The van der Waals surface area contributed by atoms with Gasteiger partial charge in [-0.1, -0.05) is 13.8 Å². The topological polar surface area (TPSA) is 18.5 Å². The second-order valence-electron chi connectivity index (χ2n) is 4.45. The SMILES string of the molecule is CCN(CC)CCC(C)N1CCNCC1. The normalized spacial score (nSPS) is 20.8. The third-order valence-corrected chi connectivity index (χ3v) is 3.53. The van der Waals surface area contributed by atoms with Gasteiger partial charge in [-0.05, 0) is 33.0 Å². The molecule has 1 atom stereocenters. The van der Waals surface area contributed by atoms with Crippen LogP contribution in [0.3, 0.4) is 0 Å². The molecular formula is C12H27N3. The Morgan fingerprint density at radius 2 is 1.80 bits per heavy atom. The molecule has 0 amide bonds. The van der Waals surface area contributed by atoms with E-state index >= 15 is 0 Å². The van der Waals surface area contributed by atoms with Crippen molar-refractivity contribution < 1.29 is 0 Å². The van der Waals surface area contributed by atoms with Gasteiger partial charge in [0.15, 0.2) is 0 Å². The van der Waals surface area contributed by atoms with Gasteiger partial charge < -0.3 is 10.2 Å². The molecule has 1 aliphatic rings. The first-order valence-electron chi connectivity index (χ1n) is 6.45. The monoisotopic (exact) mass is 213 g/mol. The fourth-order valence-electron chi connectivity index (χ4n) is 2.21. The summed E-state index contributed by atoms with van der Waals surface area (Å²) in [6, 6.07) is 0.743. The van der Waals surface area contributed by atoms with Crippen molar-refractivity contribution >= 4 is 0 Å². The predicted octanol–water partition coefficient (Wildman–Crippen LogP) is 1.01.